The number of esters is 1. The van der Waals surface area contributed by atoms with Crippen molar-refractivity contribution in [2.24, 2.45) is 0 Å². The van der Waals surface area contributed by atoms with Crippen LogP contribution in [0, 0.1) is 6.92 Å². The summed E-state index contributed by atoms with van der Waals surface area (Å²) in [5, 5.41) is 1.00. The van der Waals surface area contributed by atoms with Crippen LogP contribution in [-0.2, 0) is 4.74 Å². The third-order valence-corrected chi connectivity index (χ3v) is 5.24. The number of fused-ring (bicyclic) bond motifs is 1. The Hall–Kier alpha value is -2.96. The molecule has 0 spiro atoms. The number of ether oxygens (including phenoxy) is 1. The Bertz CT molecular complexity index is 1260. The van der Waals surface area contributed by atoms with Crippen LogP contribution in [0.1, 0.15) is 26.3 Å². The van der Waals surface area contributed by atoms with E-state index >= 15 is 0 Å². The number of rotatable bonds is 5. The number of benzene rings is 2. The van der Waals surface area contributed by atoms with Crippen molar-refractivity contribution in [1.82, 2.24) is 4.98 Å². The first-order valence-corrected chi connectivity index (χ1v) is 10.2. The number of pyridine rings is 1. The van der Waals surface area contributed by atoms with E-state index in [0.29, 0.717) is 32.9 Å². The molecule has 0 saturated carbocycles. The average molecular weight is 485 g/mol. The van der Waals surface area contributed by atoms with Crippen molar-refractivity contribution in [3.63, 3.8) is 0 Å². The summed E-state index contributed by atoms with van der Waals surface area (Å²) in [4.78, 5) is 29.8. The number of nitrogens with zero attached hydrogens (tertiary/aromatic N) is 1. The van der Waals surface area contributed by atoms with Gasteiger partial charge in [-0.05, 0) is 55.0 Å². The van der Waals surface area contributed by atoms with Gasteiger partial charge in [0, 0.05) is 20.4 Å². The van der Waals surface area contributed by atoms with Gasteiger partial charge in [-0.2, -0.15) is 0 Å². The molecule has 30 heavy (non-hydrogen) atoms. The second kappa shape index (κ2) is 8.42. The SMILES string of the molecule is Cc1coc(-c2cc(C(=O)OCC(=O)c3ccc(Br)cc3)c3cc(Cl)ccc3n2)c1. The number of hydrogen-bond donors (Lipinski definition) is 0. The minimum Gasteiger partial charge on any atom is -0.462 e. The normalized spacial score (nSPS) is 10.9. The molecule has 0 atom stereocenters. The fourth-order valence-electron chi connectivity index (χ4n) is 2.99. The highest BCUT2D eigenvalue weighted by molar-refractivity contribution is 9.10. The van der Waals surface area contributed by atoms with Gasteiger partial charge in [-0.3, -0.25) is 4.79 Å². The van der Waals surface area contributed by atoms with E-state index in [9.17, 15) is 9.59 Å². The Kier molecular flexibility index (Phi) is 5.70. The summed E-state index contributed by atoms with van der Waals surface area (Å²) in [7, 11) is 0. The minimum atomic E-state index is -0.639. The maximum absolute atomic E-state index is 12.9. The maximum Gasteiger partial charge on any atom is 0.339 e. The van der Waals surface area contributed by atoms with Gasteiger partial charge in [-0.15, -0.1) is 0 Å². The highest BCUT2D eigenvalue weighted by Crippen LogP contribution is 2.28. The van der Waals surface area contributed by atoms with Crippen molar-refractivity contribution in [3.8, 4) is 11.5 Å². The molecule has 0 saturated heterocycles. The Morgan fingerprint density at radius 2 is 1.87 bits per heavy atom. The van der Waals surface area contributed by atoms with E-state index in [1.807, 2.05) is 13.0 Å². The van der Waals surface area contributed by atoms with Crippen LogP contribution in [0.5, 0.6) is 0 Å². The first kappa shape index (κ1) is 20.3. The predicted octanol–water partition coefficient (Wildman–Crippen LogP) is 6.26. The van der Waals surface area contributed by atoms with Crippen molar-refractivity contribution in [2.45, 2.75) is 6.92 Å². The van der Waals surface area contributed by atoms with Gasteiger partial charge < -0.3 is 9.15 Å². The molecule has 5 nitrogen and oxygen atoms in total. The van der Waals surface area contributed by atoms with Gasteiger partial charge >= 0.3 is 5.97 Å². The molecule has 2 heterocycles. The third-order valence-electron chi connectivity index (χ3n) is 4.47. The molecule has 0 aliphatic heterocycles. The molecule has 7 heteroatoms. The van der Waals surface area contributed by atoms with E-state index in [4.69, 9.17) is 20.8 Å². The lowest BCUT2D eigenvalue weighted by Gasteiger charge is -2.09. The number of Topliss-reactive ketones (excluding diaryl/α,β-unsaturated/α-hetero) is 1. The smallest absolute Gasteiger partial charge is 0.339 e. The Morgan fingerprint density at radius 1 is 1.10 bits per heavy atom. The van der Waals surface area contributed by atoms with E-state index in [0.717, 1.165) is 10.0 Å². The van der Waals surface area contributed by atoms with Gasteiger partial charge in [-0.25, -0.2) is 9.78 Å². The molecule has 150 valence electrons. The number of aryl methyl sites for hydroxylation is 1. The molecule has 0 fully saturated rings. The first-order chi connectivity index (χ1) is 14.4. The van der Waals surface area contributed by atoms with Gasteiger partial charge in [0.1, 0.15) is 5.69 Å². The zero-order valence-electron chi connectivity index (χ0n) is 15.8. The lowest BCUT2D eigenvalue weighted by molar-refractivity contribution is 0.0476. The number of carbonyl (C=O) groups is 2. The largest absolute Gasteiger partial charge is 0.462 e. The summed E-state index contributed by atoms with van der Waals surface area (Å²) in [6, 6.07) is 15.3. The second-order valence-electron chi connectivity index (χ2n) is 6.71. The van der Waals surface area contributed by atoms with Gasteiger partial charge in [0.05, 0.1) is 17.3 Å². The van der Waals surface area contributed by atoms with Crippen LogP contribution >= 0.6 is 27.5 Å². The quantitative estimate of drug-likeness (QED) is 0.247. The van der Waals surface area contributed by atoms with Crippen LogP contribution in [0.4, 0.5) is 0 Å². The molecule has 0 aliphatic rings. The molecule has 0 bridgehead atoms. The monoisotopic (exact) mass is 483 g/mol. The van der Waals surface area contributed by atoms with E-state index in [2.05, 4.69) is 20.9 Å². The zero-order valence-corrected chi connectivity index (χ0v) is 18.2. The van der Waals surface area contributed by atoms with Crippen LogP contribution in [0.3, 0.4) is 0 Å². The maximum atomic E-state index is 12.9. The van der Waals surface area contributed by atoms with Crippen LogP contribution in [-0.4, -0.2) is 23.3 Å². The summed E-state index contributed by atoms with van der Waals surface area (Å²) < 4.78 is 11.7. The molecule has 0 aliphatic carbocycles. The minimum absolute atomic E-state index is 0.259. The van der Waals surface area contributed by atoms with Gasteiger partial charge in [0.25, 0.3) is 0 Å². The number of hydrogen-bond acceptors (Lipinski definition) is 5. The van der Waals surface area contributed by atoms with E-state index in [1.54, 1.807) is 54.8 Å². The highest BCUT2D eigenvalue weighted by atomic mass is 79.9. The standard InChI is InChI=1S/C23H15BrClNO4/c1-13-8-22(29-11-13)20-10-18(17-9-16(25)6-7-19(17)26-20)23(28)30-12-21(27)14-2-4-15(24)5-3-14/h2-11H,12H2,1H3. The fourth-order valence-corrected chi connectivity index (χ4v) is 3.42. The first-order valence-electron chi connectivity index (χ1n) is 9.02. The van der Waals surface area contributed by atoms with Gasteiger partial charge in [-0.1, -0.05) is 39.7 Å². The van der Waals surface area contributed by atoms with Crippen molar-refractivity contribution in [2.75, 3.05) is 6.61 Å². The molecule has 0 N–H and O–H groups in total. The van der Waals surface area contributed by atoms with Crippen LogP contribution in [0.15, 0.2) is 69.8 Å². The lowest BCUT2D eigenvalue weighted by Crippen LogP contribution is -2.15. The number of aromatic nitrogens is 1. The van der Waals surface area contributed by atoms with Gasteiger partial charge in [0.15, 0.2) is 18.2 Å². The summed E-state index contributed by atoms with van der Waals surface area (Å²) in [6.07, 6.45) is 1.61. The predicted molar refractivity (Wildman–Crippen MR) is 118 cm³/mol. The van der Waals surface area contributed by atoms with E-state index < -0.39 is 5.97 Å². The molecular formula is C23H15BrClNO4. The summed E-state index contributed by atoms with van der Waals surface area (Å²) in [5.74, 6) is -0.405. The van der Waals surface area contributed by atoms with Crippen molar-refractivity contribution in [3.05, 3.63) is 87.0 Å². The molecule has 4 rings (SSSR count). The summed E-state index contributed by atoms with van der Waals surface area (Å²) in [5.41, 5.74) is 2.71. The van der Waals surface area contributed by atoms with Gasteiger partial charge in [0.2, 0.25) is 0 Å². The van der Waals surface area contributed by atoms with E-state index in [1.165, 1.54) is 0 Å². The lowest BCUT2D eigenvalue weighted by atomic mass is 10.1. The van der Waals surface area contributed by atoms with Crippen LogP contribution in [0.25, 0.3) is 22.4 Å². The number of carbonyl (C=O) groups excluding carboxylic acids is 2. The molecule has 0 radical (unpaired) electrons. The Balaban J connectivity index is 1.65. The molecule has 2 aromatic carbocycles. The summed E-state index contributed by atoms with van der Waals surface area (Å²) >= 11 is 9.44. The van der Waals surface area contributed by atoms with E-state index in [-0.39, 0.29) is 18.0 Å². The van der Waals surface area contributed by atoms with Crippen molar-refractivity contribution >= 4 is 50.2 Å². The second-order valence-corrected chi connectivity index (χ2v) is 8.06. The zero-order chi connectivity index (χ0) is 21.3. The average Bonchev–Trinajstić information content (AvgIpc) is 3.18. The molecule has 0 amide bonds. The third kappa shape index (κ3) is 4.30. The highest BCUT2D eigenvalue weighted by Gasteiger charge is 2.18. The molecular weight excluding hydrogens is 470 g/mol. The molecule has 2 aromatic heterocycles. The van der Waals surface area contributed by atoms with Crippen LogP contribution < -0.4 is 0 Å². The molecule has 0 unspecified atom stereocenters. The van der Waals surface area contributed by atoms with Crippen molar-refractivity contribution in [1.29, 1.82) is 0 Å². The number of halogens is 2. The van der Waals surface area contributed by atoms with Crippen molar-refractivity contribution < 1.29 is 18.7 Å². The summed E-state index contributed by atoms with van der Waals surface area (Å²) in [6.45, 7) is 1.52. The molecule has 4 aromatic rings. The Labute approximate surface area is 185 Å². The fraction of sp³-hybridized carbons (Fsp3) is 0.0870. The van der Waals surface area contributed by atoms with Crippen LogP contribution in [0.2, 0.25) is 5.02 Å². The number of ketones is 1. The topological polar surface area (TPSA) is 69.4 Å². The Morgan fingerprint density at radius 3 is 2.57 bits per heavy atom. The number of furan rings is 1.